The topological polar surface area (TPSA) is 59.6 Å². The molecule has 1 aromatic rings. The van der Waals surface area contributed by atoms with Crippen molar-refractivity contribution in [1.82, 2.24) is 5.32 Å². The van der Waals surface area contributed by atoms with Crippen LogP contribution in [0.4, 0.5) is 0 Å². The summed E-state index contributed by atoms with van der Waals surface area (Å²) in [5, 5.41) is 7.27. The number of hydrogen-bond acceptors (Lipinski definition) is 4. The first-order chi connectivity index (χ1) is 11.2. The van der Waals surface area contributed by atoms with Crippen molar-refractivity contribution in [3.05, 3.63) is 59.4 Å². The van der Waals surface area contributed by atoms with Crippen LogP contribution in [-0.4, -0.2) is 33.2 Å². The number of hydrogen-bond donors (Lipinski definition) is 2. The largest absolute Gasteiger partial charge is 0.504 e. The molecule has 1 aromatic carbocycles. The van der Waals surface area contributed by atoms with Crippen LogP contribution in [0.1, 0.15) is 23.1 Å². The maximum atomic E-state index is 5.46. The lowest BCUT2D eigenvalue weighted by atomic mass is 9.97. The molecule has 0 bridgehead atoms. The van der Waals surface area contributed by atoms with Gasteiger partial charge in [0.1, 0.15) is 13.6 Å². The molecule has 5 heteroatoms. The summed E-state index contributed by atoms with van der Waals surface area (Å²) in [6.07, 6.45) is 7.45. The van der Waals surface area contributed by atoms with Crippen LogP contribution < -0.4 is 11.2 Å². The van der Waals surface area contributed by atoms with Gasteiger partial charge in [-0.3, -0.25) is 0 Å². The van der Waals surface area contributed by atoms with Gasteiger partial charge in [0.2, 0.25) is 0 Å². The highest BCUT2D eigenvalue weighted by atomic mass is 16.5. The molecule has 0 spiro atoms. The van der Waals surface area contributed by atoms with E-state index in [1.807, 2.05) is 6.08 Å². The van der Waals surface area contributed by atoms with Gasteiger partial charge in [-0.25, -0.2) is 0 Å². The van der Waals surface area contributed by atoms with E-state index >= 15 is 0 Å². The van der Waals surface area contributed by atoms with E-state index in [4.69, 9.17) is 18.4 Å². The molecule has 0 saturated carbocycles. The van der Waals surface area contributed by atoms with Crippen LogP contribution in [0, 0.1) is 0 Å². The van der Waals surface area contributed by atoms with Crippen molar-refractivity contribution in [3.63, 3.8) is 0 Å². The molecule has 0 amide bonds. The minimum atomic E-state index is 0.113. The summed E-state index contributed by atoms with van der Waals surface area (Å²) in [6.45, 7) is 5.97. The zero-order chi connectivity index (χ0) is 16.5. The van der Waals surface area contributed by atoms with E-state index in [1.165, 1.54) is 16.7 Å². The Balaban J connectivity index is 1.94. The smallest absolute Gasteiger partial charge is 0.122 e. The van der Waals surface area contributed by atoms with Gasteiger partial charge in [-0.05, 0) is 67.6 Å². The van der Waals surface area contributed by atoms with Gasteiger partial charge in [0.25, 0.3) is 0 Å². The van der Waals surface area contributed by atoms with Crippen molar-refractivity contribution in [2.24, 2.45) is 10.9 Å². The maximum absolute atomic E-state index is 5.46. The highest BCUT2D eigenvalue weighted by Gasteiger charge is 2.08. The molecule has 0 saturated heterocycles. The Morgan fingerprint density at radius 3 is 2.83 bits per heavy atom. The van der Waals surface area contributed by atoms with Crippen molar-refractivity contribution in [1.29, 1.82) is 0 Å². The fourth-order valence-electron chi connectivity index (χ4n) is 2.69. The predicted octanol–water partition coefficient (Wildman–Crippen LogP) is 1.83. The molecule has 1 aliphatic heterocycles. The number of fused-ring (bicyclic) bond motifs is 1. The zero-order valence-electron chi connectivity index (χ0n) is 13.6. The fourth-order valence-corrected chi connectivity index (χ4v) is 2.69. The van der Waals surface area contributed by atoms with E-state index in [0.717, 1.165) is 44.5 Å². The van der Waals surface area contributed by atoms with Gasteiger partial charge >= 0.3 is 0 Å². The Morgan fingerprint density at radius 2 is 2.09 bits per heavy atom. The van der Waals surface area contributed by atoms with Gasteiger partial charge in [-0.2, -0.15) is 5.10 Å². The van der Waals surface area contributed by atoms with E-state index in [1.54, 1.807) is 6.08 Å². The molecule has 4 nitrogen and oxygen atoms in total. The van der Waals surface area contributed by atoms with Crippen molar-refractivity contribution in [2.75, 3.05) is 19.6 Å². The van der Waals surface area contributed by atoms with Crippen molar-refractivity contribution in [2.45, 2.75) is 25.7 Å². The van der Waals surface area contributed by atoms with E-state index in [-0.39, 0.29) is 6.51 Å². The number of benzene rings is 1. The monoisotopic (exact) mass is 309 g/mol. The zero-order valence-corrected chi connectivity index (χ0v) is 13.6. The summed E-state index contributed by atoms with van der Waals surface area (Å²) in [5.41, 5.74) is 5.04. The normalized spacial score (nSPS) is 15.2. The first-order valence-electron chi connectivity index (χ1n) is 8.01. The molecule has 0 aromatic heterocycles. The Kier molecular flexibility index (Phi) is 6.94. The summed E-state index contributed by atoms with van der Waals surface area (Å²) >= 11 is 0. The summed E-state index contributed by atoms with van der Waals surface area (Å²) in [7, 11) is 5.29. The number of allylic oxidation sites excluding steroid dienone is 2. The molecule has 120 valence electrons. The molecule has 1 aliphatic rings. The number of nitrogens with one attached hydrogen (secondary N) is 1. The summed E-state index contributed by atoms with van der Waals surface area (Å²) in [5.74, 6) is 5.97. The lowest BCUT2D eigenvalue weighted by molar-refractivity contribution is 0.284. The predicted molar refractivity (Wildman–Crippen MR) is 96.6 cm³/mol. The number of ether oxygens (including phenoxy) is 1. The summed E-state index contributed by atoms with van der Waals surface area (Å²) in [6, 6.07) is 6.78. The lowest BCUT2D eigenvalue weighted by Crippen LogP contribution is -2.16. The van der Waals surface area contributed by atoms with Crippen LogP contribution in [0.3, 0.4) is 0 Å². The first-order valence-corrected chi connectivity index (χ1v) is 8.01. The summed E-state index contributed by atoms with van der Waals surface area (Å²) in [4.78, 5) is 0. The molecule has 2 rings (SSSR count). The second-order valence-corrected chi connectivity index (χ2v) is 5.58. The van der Waals surface area contributed by atoms with Crippen LogP contribution in [-0.2, 0) is 24.0 Å². The molecule has 0 atom stereocenters. The number of nitrogens with zero attached hydrogens (tertiary/aromatic N) is 1. The average molecular weight is 309 g/mol. The first kappa shape index (κ1) is 17.4. The highest BCUT2D eigenvalue weighted by Crippen LogP contribution is 2.16. The Morgan fingerprint density at radius 1 is 1.30 bits per heavy atom. The van der Waals surface area contributed by atoms with Gasteiger partial charge in [0, 0.05) is 6.51 Å². The molecule has 23 heavy (non-hydrogen) atoms. The quantitative estimate of drug-likeness (QED) is 0.202. The molecule has 2 radical (unpaired) electrons. The molecule has 3 N–H and O–H groups in total. The molecule has 0 aliphatic carbocycles. The lowest BCUT2D eigenvalue weighted by Gasteiger charge is -2.08. The van der Waals surface area contributed by atoms with Crippen molar-refractivity contribution in [3.8, 4) is 0 Å². The molecular weight excluding hydrogens is 285 g/mol. The van der Waals surface area contributed by atoms with Crippen LogP contribution >= 0.6 is 0 Å². The van der Waals surface area contributed by atoms with Crippen molar-refractivity contribution >= 4 is 13.6 Å². The SMILES string of the molecule is [B]COC(=C)/C=C\C(CCc1ccc2c(c1)CCNCC2)=N/N. The third-order valence-electron chi connectivity index (χ3n) is 3.98. The van der Waals surface area contributed by atoms with Gasteiger partial charge < -0.3 is 15.9 Å². The molecule has 0 unspecified atom stereocenters. The third-order valence-corrected chi connectivity index (χ3v) is 3.98. The minimum Gasteiger partial charge on any atom is -0.504 e. The van der Waals surface area contributed by atoms with Gasteiger partial charge in [0.15, 0.2) is 0 Å². The summed E-state index contributed by atoms with van der Waals surface area (Å²) < 4.78 is 5.07. The molecule has 1 heterocycles. The number of hydrazone groups is 1. The second kappa shape index (κ2) is 9.21. The van der Waals surface area contributed by atoms with E-state index in [0.29, 0.717) is 5.76 Å². The fraction of sp³-hybridized carbons (Fsp3) is 0.389. The Labute approximate surface area is 139 Å². The van der Waals surface area contributed by atoms with Gasteiger partial charge in [-0.1, -0.05) is 24.8 Å². The number of rotatable bonds is 7. The maximum Gasteiger partial charge on any atom is 0.122 e. The highest BCUT2D eigenvalue weighted by molar-refractivity contribution is 6.08. The third kappa shape index (κ3) is 5.60. The van der Waals surface area contributed by atoms with E-state index < -0.39 is 0 Å². The molecule has 0 fully saturated rings. The average Bonchev–Trinajstić information content (AvgIpc) is 2.80. The van der Waals surface area contributed by atoms with Crippen LogP contribution in [0.25, 0.3) is 0 Å². The van der Waals surface area contributed by atoms with Crippen LogP contribution in [0.5, 0.6) is 0 Å². The van der Waals surface area contributed by atoms with Crippen LogP contribution in [0.15, 0.2) is 47.8 Å². The number of aryl methyl sites for hydroxylation is 1. The second-order valence-electron chi connectivity index (χ2n) is 5.58. The van der Waals surface area contributed by atoms with Crippen LogP contribution in [0.2, 0.25) is 0 Å². The minimum absolute atomic E-state index is 0.113. The van der Waals surface area contributed by atoms with Gasteiger partial charge in [-0.15, -0.1) is 0 Å². The molecular formula is C18H24BN3O. The van der Waals surface area contributed by atoms with Crippen molar-refractivity contribution < 1.29 is 4.74 Å². The van der Waals surface area contributed by atoms with E-state index in [9.17, 15) is 0 Å². The number of nitrogens with two attached hydrogens (primary N) is 1. The van der Waals surface area contributed by atoms with E-state index in [2.05, 4.69) is 35.2 Å². The Hall–Kier alpha value is -2.01. The Bertz CT molecular complexity index is 596. The standard InChI is InChI=1S/C18H24BN3O/c1-14(23-13-19)2-6-18(22-20)7-4-15-3-5-16-8-10-21-11-9-17(16)12-15/h2-3,5-6,12,21H,1,4,7-11,13,20H2/b6-2-,22-18+. The van der Waals surface area contributed by atoms with Gasteiger partial charge in [0.05, 0.1) is 5.71 Å².